The molecule has 2 rings (SSSR count). The molecule has 0 saturated carbocycles. The van der Waals surface area contributed by atoms with Gasteiger partial charge in [-0.15, -0.1) is 23.2 Å². The number of halogens is 2. The van der Waals surface area contributed by atoms with Crippen LogP contribution in [0.2, 0.25) is 0 Å². The minimum atomic E-state index is -0.805. The molecule has 0 aliphatic heterocycles. The lowest BCUT2D eigenvalue weighted by molar-refractivity contribution is 1.08. The average Bonchev–Trinajstić information content (AvgIpc) is 2.16. The highest BCUT2D eigenvalue weighted by Crippen LogP contribution is 2.28. The SMILES string of the molecule is O=c1[nH]c(=O)c2c(C(Cl)Cl)cccc2[nH]1. The predicted molar refractivity (Wildman–Crippen MR) is 59.6 cm³/mol. The molecule has 0 atom stereocenters. The highest BCUT2D eigenvalue weighted by atomic mass is 35.5. The smallest absolute Gasteiger partial charge is 0.307 e. The molecule has 0 aliphatic carbocycles. The van der Waals surface area contributed by atoms with Crippen molar-refractivity contribution in [1.29, 1.82) is 0 Å². The summed E-state index contributed by atoms with van der Waals surface area (Å²) < 4.78 is 0. The van der Waals surface area contributed by atoms with Gasteiger partial charge in [-0.25, -0.2) is 4.79 Å². The van der Waals surface area contributed by atoms with Crippen molar-refractivity contribution in [1.82, 2.24) is 9.97 Å². The van der Waals surface area contributed by atoms with E-state index < -0.39 is 16.1 Å². The lowest BCUT2D eigenvalue weighted by Crippen LogP contribution is -2.22. The van der Waals surface area contributed by atoms with Gasteiger partial charge in [0.25, 0.3) is 5.56 Å². The van der Waals surface area contributed by atoms with E-state index in [2.05, 4.69) is 9.97 Å². The van der Waals surface area contributed by atoms with Crippen LogP contribution in [0.25, 0.3) is 10.9 Å². The summed E-state index contributed by atoms with van der Waals surface area (Å²) in [6.45, 7) is 0. The van der Waals surface area contributed by atoms with Crippen molar-refractivity contribution < 1.29 is 0 Å². The summed E-state index contributed by atoms with van der Waals surface area (Å²) in [7, 11) is 0. The van der Waals surface area contributed by atoms with E-state index in [1.807, 2.05) is 0 Å². The lowest BCUT2D eigenvalue weighted by Gasteiger charge is -2.04. The first-order valence-electron chi connectivity index (χ1n) is 4.13. The topological polar surface area (TPSA) is 65.7 Å². The number of aromatic amines is 2. The van der Waals surface area contributed by atoms with Crippen LogP contribution in [-0.4, -0.2) is 9.97 Å². The summed E-state index contributed by atoms with van der Waals surface area (Å²) in [5.41, 5.74) is -0.137. The van der Waals surface area contributed by atoms with Gasteiger partial charge in [-0.1, -0.05) is 12.1 Å². The first-order chi connectivity index (χ1) is 7.09. The first-order valence-corrected chi connectivity index (χ1v) is 5.00. The quantitative estimate of drug-likeness (QED) is 0.751. The number of alkyl halides is 2. The van der Waals surface area contributed by atoms with E-state index in [4.69, 9.17) is 23.2 Å². The maximum Gasteiger partial charge on any atom is 0.326 e. The van der Waals surface area contributed by atoms with Crippen LogP contribution < -0.4 is 11.2 Å². The van der Waals surface area contributed by atoms with Crippen LogP contribution in [0.4, 0.5) is 0 Å². The molecule has 0 radical (unpaired) electrons. The molecule has 0 aliphatic rings. The van der Waals surface area contributed by atoms with E-state index >= 15 is 0 Å². The zero-order valence-corrected chi connectivity index (χ0v) is 8.89. The molecule has 0 spiro atoms. The van der Waals surface area contributed by atoms with Crippen LogP contribution in [0.5, 0.6) is 0 Å². The maximum absolute atomic E-state index is 11.5. The van der Waals surface area contributed by atoms with Gasteiger partial charge in [-0.2, -0.15) is 0 Å². The van der Waals surface area contributed by atoms with E-state index in [0.717, 1.165) is 0 Å². The number of hydrogen-bond donors (Lipinski definition) is 2. The number of benzene rings is 1. The summed E-state index contributed by atoms with van der Waals surface area (Å²) in [4.78, 5) is 26.4. The summed E-state index contributed by atoms with van der Waals surface area (Å²) in [5, 5.41) is 0.312. The number of fused-ring (bicyclic) bond motifs is 1. The third-order valence-electron chi connectivity index (χ3n) is 2.03. The highest BCUT2D eigenvalue weighted by Gasteiger charge is 2.11. The molecule has 1 aromatic heterocycles. The zero-order valence-electron chi connectivity index (χ0n) is 7.38. The van der Waals surface area contributed by atoms with Crippen LogP contribution in [0.3, 0.4) is 0 Å². The molecule has 6 heteroatoms. The van der Waals surface area contributed by atoms with Gasteiger partial charge in [0.1, 0.15) is 4.84 Å². The summed E-state index contributed by atoms with van der Waals surface area (Å²) in [6.07, 6.45) is 0. The van der Waals surface area contributed by atoms with Crippen molar-refractivity contribution in [3.8, 4) is 0 Å². The second-order valence-corrected chi connectivity index (χ2v) is 4.08. The zero-order chi connectivity index (χ0) is 11.0. The van der Waals surface area contributed by atoms with Gasteiger partial charge in [0.05, 0.1) is 10.9 Å². The molecular weight excluding hydrogens is 239 g/mol. The molecule has 15 heavy (non-hydrogen) atoms. The number of rotatable bonds is 1. The highest BCUT2D eigenvalue weighted by molar-refractivity contribution is 6.44. The molecule has 0 amide bonds. The Labute approximate surface area is 93.8 Å². The number of aromatic nitrogens is 2. The molecule has 0 saturated heterocycles. The second kappa shape index (κ2) is 3.72. The number of nitrogens with one attached hydrogen (secondary N) is 2. The third kappa shape index (κ3) is 1.78. The van der Waals surface area contributed by atoms with Crippen molar-refractivity contribution >= 4 is 34.1 Å². The minimum Gasteiger partial charge on any atom is -0.307 e. The molecule has 0 bridgehead atoms. The Morgan fingerprint density at radius 3 is 2.53 bits per heavy atom. The van der Waals surface area contributed by atoms with Crippen molar-refractivity contribution in [3.63, 3.8) is 0 Å². The van der Waals surface area contributed by atoms with Crippen LogP contribution in [0, 0.1) is 0 Å². The third-order valence-corrected chi connectivity index (χ3v) is 2.50. The fourth-order valence-electron chi connectivity index (χ4n) is 1.43. The summed E-state index contributed by atoms with van der Waals surface area (Å²) in [5.74, 6) is 0. The van der Waals surface area contributed by atoms with E-state index in [1.165, 1.54) is 0 Å². The van der Waals surface area contributed by atoms with Crippen LogP contribution in [0.1, 0.15) is 10.4 Å². The van der Waals surface area contributed by atoms with Crippen molar-refractivity contribution in [3.05, 3.63) is 44.6 Å². The molecule has 1 heterocycles. The Hall–Kier alpha value is -1.26. The Kier molecular flexibility index (Phi) is 2.54. The van der Waals surface area contributed by atoms with Gasteiger partial charge in [0, 0.05) is 0 Å². The Bertz CT molecular complexity index is 615. The molecule has 2 aromatic rings. The summed E-state index contributed by atoms with van der Waals surface area (Å²) in [6, 6.07) is 4.93. The van der Waals surface area contributed by atoms with Gasteiger partial charge in [0.2, 0.25) is 0 Å². The van der Waals surface area contributed by atoms with E-state index in [1.54, 1.807) is 18.2 Å². The number of hydrogen-bond acceptors (Lipinski definition) is 2. The molecule has 4 nitrogen and oxygen atoms in total. The molecule has 78 valence electrons. The van der Waals surface area contributed by atoms with Crippen molar-refractivity contribution in [2.45, 2.75) is 4.84 Å². The standard InChI is InChI=1S/C9H6Cl2N2O2/c10-7(11)4-2-1-3-5-6(4)8(14)13-9(15)12-5/h1-3,7H,(H2,12,13,14,15). The van der Waals surface area contributed by atoms with Crippen molar-refractivity contribution in [2.24, 2.45) is 0 Å². The Morgan fingerprint density at radius 2 is 1.87 bits per heavy atom. The Balaban J connectivity index is 2.98. The first kappa shape index (κ1) is 10.3. The van der Waals surface area contributed by atoms with E-state index in [-0.39, 0.29) is 0 Å². The minimum absolute atomic E-state index is 0.312. The van der Waals surface area contributed by atoms with Crippen LogP contribution in [0.15, 0.2) is 27.8 Å². The monoisotopic (exact) mass is 244 g/mol. The van der Waals surface area contributed by atoms with Gasteiger partial charge in [-0.05, 0) is 11.6 Å². The fraction of sp³-hybridized carbons (Fsp3) is 0.111. The fourth-order valence-corrected chi connectivity index (χ4v) is 1.79. The van der Waals surface area contributed by atoms with Crippen LogP contribution >= 0.6 is 23.2 Å². The summed E-state index contributed by atoms with van der Waals surface area (Å²) >= 11 is 11.4. The molecule has 2 N–H and O–H groups in total. The normalized spacial score (nSPS) is 11.1. The lowest BCUT2D eigenvalue weighted by atomic mass is 10.1. The van der Waals surface area contributed by atoms with Gasteiger partial charge < -0.3 is 4.98 Å². The average molecular weight is 245 g/mol. The maximum atomic E-state index is 11.5. The van der Waals surface area contributed by atoms with E-state index in [0.29, 0.717) is 16.5 Å². The Morgan fingerprint density at radius 1 is 1.13 bits per heavy atom. The predicted octanol–water partition coefficient (Wildman–Crippen LogP) is 1.69. The largest absolute Gasteiger partial charge is 0.326 e. The van der Waals surface area contributed by atoms with Gasteiger partial charge >= 0.3 is 5.69 Å². The van der Waals surface area contributed by atoms with Gasteiger partial charge in [-0.3, -0.25) is 9.78 Å². The van der Waals surface area contributed by atoms with Gasteiger partial charge in [0.15, 0.2) is 0 Å². The van der Waals surface area contributed by atoms with E-state index in [9.17, 15) is 9.59 Å². The van der Waals surface area contributed by atoms with Crippen molar-refractivity contribution in [2.75, 3.05) is 0 Å². The number of H-pyrrole nitrogens is 2. The molecule has 1 aromatic carbocycles. The molecule has 0 unspecified atom stereocenters. The van der Waals surface area contributed by atoms with Crippen LogP contribution in [-0.2, 0) is 0 Å². The molecular formula is C9H6Cl2N2O2. The molecule has 0 fully saturated rings. The second-order valence-electron chi connectivity index (χ2n) is 2.98.